The van der Waals surface area contributed by atoms with Gasteiger partial charge < -0.3 is 10.3 Å². The lowest BCUT2D eigenvalue weighted by atomic mass is 10.1. The highest BCUT2D eigenvalue weighted by atomic mass is 16.5. The summed E-state index contributed by atoms with van der Waals surface area (Å²) in [5.41, 5.74) is 6.87. The Bertz CT molecular complexity index is 917. The number of amides is 2. The molecule has 2 aromatic heterocycles. The quantitative estimate of drug-likeness (QED) is 0.749. The summed E-state index contributed by atoms with van der Waals surface area (Å²) in [5, 5.41) is 7.36. The number of fused-ring (bicyclic) bond motifs is 1. The predicted octanol–water partition coefficient (Wildman–Crippen LogP) is 2.73. The SMILES string of the molecule is CCCC(=O)Nc1onc(-c2ccc3ccccc3n2)c1C(N)=O. The molecule has 0 aliphatic rings. The molecule has 7 heteroatoms. The molecule has 0 atom stereocenters. The minimum absolute atomic E-state index is 0.0160. The third-order valence-corrected chi connectivity index (χ3v) is 3.51. The second-order valence-corrected chi connectivity index (χ2v) is 5.29. The van der Waals surface area contributed by atoms with Crippen LogP contribution in [-0.2, 0) is 4.79 Å². The van der Waals surface area contributed by atoms with E-state index in [1.54, 1.807) is 6.07 Å². The van der Waals surface area contributed by atoms with Crippen molar-refractivity contribution in [2.24, 2.45) is 5.73 Å². The summed E-state index contributed by atoms with van der Waals surface area (Å²) in [5.74, 6) is -1.06. The van der Waals surface area contributed by atoms with Crippen LogP contribution in [0.2, 0.25) is 0 Å². The molecule has 0 bridgehead atoms. The van der Waals surface area contributed by atoms with Crippen LogP contribution in [0.25, 0.3) is 22.3 Å². The first kappa shape index (κ1) is 15.7. The molecule has 24 heavy (non-hydrogen) atoms. The average molecular weight is 324 g/mol. The fraction of sp³-hybridized carbons (Fsp3) is 0.176. The molecule has 0 spiro atoms. The number of carbonyl (C=O) groups excluding carboxylic acids is 2. The van der Waals surface area contributed by atoms with Gasteiger partial charge in [0.1, 0.15) is 11.3 Å². The summed E-state index contributed by atoms with van der Waals surface area (Å²) in [6.45, 7) is 1.87. The molecule has 0 unspecified atom stereocenters. The number of nitrogens with one attached hydrogen (secondary N) is 1. The van der Waals surface area contributed by atoms with E-state index in [4.69, 9.17) is 10.3 Å². The average Bonchev–Trinajstić information content (AvgIpc) is 2.98. The largest absolute Gasteiger partial charge is 0.365 e. The van der Waals surface area contributed by atoms with E-state index in [1.807, 2.05) is 37.3 Å². The van der Waals surface area contributed by atoms with Crippen molar-refractivity contribution in [3.8, 4) is 11.4 Å². The van der Waals surface area contributed by atoms with Gasteiger partial charge in [0.2, 0.25) is 11.8 Å². The highest BCUT2D eigenvalue weighted by molar-refractivity contribution is 6.05. The molecular weight excluding hydrogens is 308 g/mol. The molecular formula is C17H16N4O3. The molecule has 3 N–H and O–H groups in total. The van der Waals surface area contributed by atoms with Crippen molar-refractivity contribution in [3.63, 3.8) is 0 Å². The zero-order valence-corrected chi connectivity index (χ0v) is 13.1. The van der Waals surface area contributed by atoms with Gasteiger partial charge in [-0.2, -0.15) is 0 Å². The van der Waals surface area contributed by atoms with Gasteiger partial charge in [-0.15, -0.1) is 0 Å². The molecule has 122 valence electrons. The normalized spacial score (nSPS) is 10.7. The summed E-state index contributed by atoms with van der Waals surface area (Å²) >= 11 is 0. The van der Waals surface area contributed by atoms with Gasteiger partial charge in [-0.25, -0.2) is 4.98 Å². The molecule has 2 heterocycles. The highest BCUT2D eigenvalue weighted by Gasteiger charge is 2.24. The Morgan fingerprint density at radius 3 is 2.75 bits per heavy atom. The van der Waals surface area contributed by atoms with Crippen molar-refractivity contribution in [2.75, 3.05) is 5.32 Å². The lowest BCUT2D eigenvalue weighted by Gasteiger charge is -2.03. The summed E-state index contributed by atoms with van der Waals surface area (Å²) < 4.78 is 5.12. The van der Waals surface area contributed by atoms with Gasteiger partial charge in [-0.05, 0) is 18.6 Å². The number of anilines is 1. The number of carbonyl (C=O) groups is 2. The van der Waals surface area contributed by atoms with E-state index in [-0.39, 0.29) is 23.0 Å². The van der Waals surface area contributed by atoms with E-state index in [1.165, 1.54) is 0 Å². The number of primary amides is 1. The monoisotopic (exact) mass is 324 g/mol. The van der Waals surface area contributed by atoms with Gasteiger partial charge >= 0.3 is 0 Å². The Hall–Kier alpha value is -3.22. The van der Waals surface area contributed by atoms with Crippen molar-refractivity contribution in [2.45, 2.75) is 19.8 Å². The maximum atomic E-state index is 11.8. The van der Waals surface area contributed by atoms with Gasteiger partial charge in [0.25, 0.3) is 5.91 Å². The van der Waals surface area contributed by atoms with Crippen LogP contribution in [0, 0.1) is 0 Å². The maximum absolute atomic E-state index is 11.8. The first-order valence-corrected chi connectivity index (χ1v) is 7.55. The zero-order valence-electron chi connectivity index (χ0n) is 13.1. The summed E-state index contributed by atoms with van der Waals surface area (Å²) in [6, 6.07) is 11.2. The van der Waals surface area contributed by atoms with Crippen molar-refractivity contribution >= 4 is 28.6 Å². The van der Waals surface area contributed by atoms with Crippen LogP contribution in [0.1, 0.15) is 30.1 Å². The fourth-order valence-corrected chi connectivity index (χ4v) is 2.39. The Labute approximate surface area is 137 Å². The molecule has 0 aliphatic heterocycles. The first-order valence-electron chi connectivity index (χ1n) is 7.55. The molecule has 0 saturated heterocycles. The van der Waals surface area contributed by atoms with Crippen LogP contribution in [0.15, 0.2) is 40.9 Å². The van der Waals surface area contributed by atoms with Crippen LogP contribution in [0.3, 0.4) is 0 Å². The van der Waals surface area contributed by atoms with Crippen molar-refractivity contribution in [3.05, 3.63) is 42.0 Å². The number of aromatic nitrogens is 2. The summed E-state index contributed by atoms with van der Waals surface area (Å²) in [4.78, 5) is 28.0. The lowest BCUT2D eigenvalue weighted by molar-refractivity contribution is -0.116. The second-order valence-electron chi connectivity index (χ2n) is 5.29. The van der Waals surface area contributed by atoms with Gasteiger partial charge in [0.15, 0.2) is 0 Å². The third-order valence-electron chi connectivity index (χ3n) is 3.51. The molecule has 3 aromatic rings. The summed E-state index contributed by atoms with van der Waals surface area (Å²) in [7, 11) is 0. The van der Waals surface area contributed by atoms with Gasteiger partial charge in [-0.1, -0.05) is 36.3 Å². The number of nitrogens with zero attached hydrogens (tertiary/aromatic N) is 2. The van der Waals surface area contributed by atoms with Crippen molar-refractivity contribution in [1.29, 1.82) is 0 Å². The molecule has 1 aromatic carbocycles. The first-order chi connectivity index (χ1) is 11.6. The summed E-state index contributed by atoms with van der Waals surface area (Å²) in [6.07, 6.45) is 0.980. The molecule has 7 nitrogen and oxygen atoms in total. The zero-order chi connectivity index (χ0) is 17.1. The lowest BCUT2D eigenvalue weighted by Crippen LogP contribution is -2.17. The molecule has 0 fully saturated rings. The van der Waals surface area contributed by atoms with Crippen molar-refractivity contribution in [1.82, 2.24) is 10.1 Å². The van der Waals surface area contributed by atoms with E-state index in [2.05, 4.69) is 15.5 Å². The number of para-hydroxylation sites is 1. The van der Waals surface area contributed by atoms with Gasteiger partial charge in [0.05, 0.1) is 11.2 Å². The Balaban J connectivity index is 2.04. The van der Waals surface area contributed by atoms with Crippen LogP contribution in [0.5, 0.6) is 0 Å². The predicted molar refractivity (Wildman–Crippen MR) is 89.3 cm³/mol. The Kier molecular flexibility index (Phi) is 4.24. The van der Waals surface area contributed by atoms with E-state index < -0.39 is 5.91 Å². The Morgan fingerprint density at radius 1 is 1.21 bits per heavy atom. The topological polar surface area (TPSA) is 111 Å². The third kappa shape index (κ3) is 2.96. The number of hydrogen-bond acceptors (Lipinski definition) is 5. The second kappa shape index (κ2) is 6.49. The van der Waals surface area contributed by atoms with E-state index in [0.29, 0.717) is 18.5 Å². The van der Waals surface area contributed by atoms with E-state index in [9.17, 15) is 9.59 Å². The number of benzene rings is 1. The Morgan fingerprint density at radius 2 is 2.00 bits per heavy atom. The molecule has 2 amide bonds. The van der Waals surface area contributed by atoms with Crippen LogP contribution < -0.4 is 11.1 Å². The molecule has 0 saturated carbocycles. The number of pyridine rings is 1. The van der Waals surface area contributed by atoms with E-state index in [0.717, 1.165) is 10.9 Å². The van der Waals surface area contributed by atoms with Crippen LogP contribution >= 0.6 is 0 Å². The minimum Gasteiger partial charge on any atom is -0.365 e. The highest BCUT2D eigenvalue weighted by Crippen LogP contribution is 2.28. The smallest absolute Gasteiger partial charge is 0.256 e. The number of nitrogens with two attached hydrogens (primary N) is 1. The minimum atomic E-state index is -0.743. The maximum Gasteiger partial charge on any atom is 0.256 e. The van der Waals surface area contributed by atoms with Crippen LogP contribution in [0.4, 0.5) is 5.88 Å². The van der Waals surface area contributed by atoms with Gasteiger partial charge in [0, 0.05) is 11.8 Å². The molecule has 0 radical (unpaired) electrons. The molecule has 0 aliphatic carbocycles. The fourth-order valence-electron chi connectivity index (χ4n) is 2.39. The molecule has 3 rings (SSSR count). The van der Waals surface area contributed by atoms with Crippen LogP contribution in [-0.4, -0.2) is 22.0 Å². The van der Waals surface area contributed by atoms with E-state index >= 15 is 0 Å². The van der Waals surface area contributed by atoms with Crippen molar-refractivity contribution < 1.29 is 14.1 Å². The standard InChI is InChI=1S/C17H16N4O3/c1-2-5-13(22)20-17-14(16(18)23)15(21-24-17)12-9-8-10-6-3-4-7-11(10)19-12/h3-4,6-9H,2,5H2,1H3,(H2,18,23)(H,20,22). The number of hydrogen-bond donors (Lipinski definition) is 2. The van der Waals surface area contributed by atoms with Gasteiger partial charge in [-0.3, -0.25) is 14.9 Å². The number of rotatable bonds is 5.